The number of aromatic nitrogens is 2. The Morgan fingerprint density at radius 2 is 1.88 bits per heavy atom. The quantitative estimate of drug-likeness (QED) is 0.876. The van der Waals surface area contributed by atoms with Gasteiger partial charge in [0, 0.05) is 11.8 Å². The second-order valence-corrected chi connectivity index (χ2v) is 3.63. The number of rotatable bonds is 3. The fraction of sp³-hybridized carbons (Fsp3) is 0.154. The van der Waals surface area contributed by atoms with Crippen molar-refractivity contribution >= 4 is 5.97 Å². The molecule has 1 aromatic carbocycles. The van der Waals surface area contributed by atoms with E-state index in [2.05, 4.69) is 9.97 Å². The molecule has 0 radical (unpaired) electrons. The van der Waals surface area contributed by atoms with Gasteiger partial charge in [0.25, 0.3) is 0 Å². The molecule has 0 aliphatic rings. The topological polar surface area (TPSA) is 63.1 Å². The van der Waals surface area contributed by atoms with Crippen LogP contribution in [0.1, 0.15) is 23.0 Å². The molecule has 1 aromatic heterocycles. The number of nitrogens with zero attached hydrogens (tertiary/aromatic N) is 2. The highest BCUT2D eigenvalue weighted by molar-refractivity contribution is 5.88. The van der Waals surface area contributed by atoms with Crippen LogP contribution in [0.15, 0.2) is 36.7 Å². The second-order valence-electron chi connectivity index (χ2n) is 3.63. The molecule has 0 aliphatic carbocycles. The zero-order valence-corrected chi connectivity index (χ0v) is 9.42. The number of aromatic carboxylic acids is 1. The summed E-state index contributed by atoms with van der Waals surface area (Å²) < 4.78 is 0. The zero-order valence-electron chi connectivity index (χ0n) is 9.42. The molecule has 1 N–H and O–H groups in total. The summed E-state index contributed by atoms with van der Waals surface area (Å²) in [6.07, 6.45) is 4.29. The molecule has 4 heteroatoms. The molecule has 4 nitrogen and oxygen atoms in total. The predicted octanol–water partition coefficient (Wildman–Crippen LogP) is 2.40. The van der Waals surface area contributed by atoms with Crippen LogP contribution in [0.25, 0.3) is 11.3 Å². The molecule has 1 heterocycles. The van der Waals surface area contributed by atoms with Gasteiger partial charge in [0.1, 0.15) is 0 Å². The molecule has 0 amide bonds. The lowest BCUT2D eigenvalue weighted by molar-refractivity contribution is 0.0697. The first-order chi connectivity index (χ1) is 8.20. The van der Waals surface area contributed by atoms with Crippen molar-refractivity contribution in [1.29, 1.82) is 0 Å². The summed E-state index contributed by atoms with van der Waals surface area (Å²) in [5.41, 5.74) is 2.83. The maximum Gasteiger partial charge on any atom is 0.335 e. The lowest BCUT2D eigenvalue weighted by Gasteiger charge is -2.02. The monoisotopic (exact) mass is 228 g/mol. The SMILES string of the molecule is CCc1cnc(-c2ccc(C(=O)O)cc2)cn1. The molecule has 0 aliphatic heterocycles. The summed E-state index contributed by atoms with van der Waals surface area (Å²) >= 11 is 0. The van der Waals surface area contributed by atoms with Gasteiger partial charge in [-0.2, -0.15) is 0 Å². The molecular weight excluding hydrogens is 216 g/mol. The Bertz CT molecular complexity index is 518. The number of hydrogen-bond donors (Lipinski definition) is 1. The number of hydrogen-bond acceptors (Lipinski definition) is 3. The largest absolute Gasteiger partial charge is 0.478 e. The molecule has 2 rings (SSSR count). The first-order valence-corrected chi connectivity index (χ1v) is 5.35. The van der Waals surface area contributed by atoms with E-state index in [9.17, 15) is 4.79 Å². The van der Waals surface area contributed by atoms with Crippen molar-refractivity contribution in [2.75, 3.05) is 0 Å². The highest BCUT2D eigenvalue weighted by Gasteiger charge is 2.04. The highest BCUT2D eigenvalue weighted by Crippen LogP contribution is 2.16. The summed E-state index contributed by atoms with van der Waals surface area (Å²) in [4.78, 5) is 19.2. The van der Waals surface area contributed by atoms with E-state index < -0.39 is 5.97 Å². The third kappa shape index (κ3) is 2.47. The van der Waals surface area contributed by atoms with Gasteiger partial charge >= 0.3 is 5.97 Å². The fourth-order valence-electron chi connectivity index (χ4n) is 1.47. The molecule has 0 bridgehead atoms. The Morgan fingerprint density at radius 1 is 1.18 bits per heavy atom. The van der Waals surface area contributed by atoms with Gasteiger partial charge in [0.05, 0.1) is 23.1 Å². The Balaban J connectivity index is 2.29. The first-order valence-electron chi connectivity index (χ1n) is 5.35. The van der Waals surface area contributed by atoms with Crippen LogP contribution in [0, 0.1) is 0 Å². The van der Waals surface area contributed by atoms with E-state index in [0.717, 1.165) is 23.4 Å². The van der Waals surface area contributed by atoms with Crippen LogP contribution in [-0.4, -0.2) is 21.0 Å². The van der Waals surface area contributed by atoms with Gasteiger partial charge in [-0.25, -0.2) is 4.79 Å². The van der Waals surface area contributed by atoms with Crippen molar-refractivity contribution in [3.05, 3.63) is 47.9 Å². The number of benzene rings is 1. The first kappa shape index (κ1) is 11.3. The lowest BCUT2D eigenvalue weighted by atomic mass is 10.1. The number of carboxylic acid groups (broad SMARTS) is 1. The number of carboxylic acids is 1. The van der Waals surface area contributed by atoms with Crippen LogP contribution >= 0.6 is 0 Å². The molecular formula is C13H12N2O2. The molecule has 86 valence electrons. The normalized spacial score (nSPS) is 10.2. The van der Waals surface area contributed by atoms with Gasteiger partial charge < -0.3 is 5.11 Å². The number of aryl methyl sites for hydroxylation is 1. The van der Waals surface area contributed by atoms with E-state index in [1.807, 2.05) is 6.92 Å². The zero-order chi connectivity index (χ0) is 12.3. The van der Waals surface area contributed by atoms with Crippen molar-refractivity contribution < 1.29 is 9.90 Å². The Labute approximate surface area is 99.0 Å². The van der Waals surface area contributed by atoms with E-state index in [1.165, 1.54) is 0 Å². The minimum atomic E-state index is -0.927. The third-order valence-electron chi connectivity index (χ3n) is 2.50. The lowest BCUT2D eigenvalue weighted by Crippen LogP contribution is -1.96. The summed E-state index contributed by atoms with van der Waals surface area (Å²) in [6.45, 7) is 2.02. The van der Waals surface area contributed by atoms with E-state index in [0.29, 0.717) is 0 Å². The minimum Gasteiger partial charge on any atom is -0.478 e. The van der Waals surface area contributed by atoms with Crippen LogP contribution < -0.4 is 0 Å². The van der Waals surface area contributed by atoms with Crippen LogP contribution in [0.3, 0.4) is 0 Å². The standard InChI is InChI=1S/C13H12N2O2/c1-2-11-7-15-12(8-14-11)9-3-5-10(6-4-9)13(16)17/h3-8H,2H2,1H3,(H,16,17). The Morgan fingerprint density at radius 3 is 2.35 bits per heavy atom. The summed E-state index contributed by atoms with van der Waals surface area (Å²) in [5, 5.41) is 8.79. The van der Waals surface area contributed by atoms with Gasteiger partial charge in [0.15, 0.2) is 0 Å². The molecule has 0 saturated heterocycles. The van der Waals surface area contributed by atoms with Crippen LogP contribution in [0.2, 0.25) is 0 Å². The third-order valence-corrected chi connectivity index (χ3v) is 2.50. The van der Waals surface area contributed by atoms with Crippen molar-refractivity contribution in [3.8, 4) is 11.3 Å². The highest BCUT2D eigenvalue weighted by atomic mass is 16.4. The second kappa shape index (κ2) is 4.74. The maximum absolute atomic E-state index is 10.7. The van der Waals surface area contributed by atoms with Crippen LogP contribution in [0.4, 0.5) is 0 Å². The minimum absolute atomic E-state index is 0.270. The van der Waals surface area contributed by atoms with Crippen LogP contribution in [-0.2, 0) is 6.42 Å². The molecule has 17 heavy (non-hydrogen) atoms. The average Bonchev–Trinajstić information content (AvgIpc) is 2.39. The number of carbonyl (C=O) groups is 1. The molecule has 2 aromatic rings. The fourth-order valence-corrected chi connectivity index (χ4v) is 1.47. The molecule has 0 unspecified atom stereocenters. The van der Waals surface area contributed by atoms with Gasteiger partial charge in [-0.15, -0.1) is 0 Å². The van der Waals surface area contributed by atoms with E-state index >= 15 is 0 Å². The molecule has 0 atom stereocenters. The van der Waals surface area contributed by atoms with E-state index in [-0.39, 0.29) is 5.56 Å². The summed E-state index contributed by atoms with van der Waals surface area (Å²) in [5.74, 6) is -0.927. The van der Waals surface area contributed by atoms with Gasteiger partial charge in [-0.3, -0.25) is 9.97 Å². The van der Waals surface area contributed by atoms with Gasteiger partial charge in [-0.05, 0) is 18.6 Å². The molecule has 0 saturated carbocycles. The summed E-state index contributed by atoms with van der Waals surface area (Å²) in [7, 11) is 0. The van der Waals surface area contributed by atoms with Crippen molar-refractivity contribution in [2.45, 2.75) is 13.3 Å². The van der Waals surface area contributed by atoms with Gasteiger partial charge in [-0.1, -0.05) is 19.1 Å². The van der Waals surface area contributed by atoms with E-state index in [4.69, 9.17) is 5.11 Å². The Hall–Kier alpha value is -2.23. The average molecular weight is 228 g/mol. The smallest absolute Gasteiger partial charge is 0.335 e. The Kier molecular flexibility index (Phi) is 3.14. The van der Waals surface area contributed by atoms with Crippen molar-refractivity contribution in [3.63, 3.8) is 0 Å². The van der Waals surface area contributed by atoms with Crippen molar-refractivity contribution in [2.24, 2.45) is 0 Å². The molecule has 0 fully saturated rings. The van der Waals surface area contributed by atoms with Gasteiger partial charge in [0.2, 0.25) is 0 Å². The van der Waals surface area contributed by atoms with Crippen molar-refractivity contribution in [1.82, 2.24) is 9.97 Å². The molecule has 0 spiro atoms. The van der Waals surface area contributed by atoms with Crippen LogP contribution in [0.5, 0.6) is 0 Å². The van der Waals surface area contributed by atoms with E-state index in [1.54, 1.807) is 36.7 Å². The predicted molar refractivity (Wildman–Crippen MR) is 63.8 cm³/mol. The summed E-state index contributed by atoms with van der Waals surface area (Å²) in [6, 6.07) is 6.60. The maximum atomic E-state index is 10.7.